The number of rotatable bonds is 5. The zero-order valence-electron chi connectivity index (χ0n) is 22.8. The number of aromatic nitrogens is 2. The second-order valence-electron chi connectivity index (χ2n) is 11.0. The largest absolute Gasteiger partial charge is 0.408 e. The van der Waals surface area contributed by atoms with E-state index in [1.807, 2.05) is 54.6 Å². The van der Waals surface area contributed by atoms with E-state index in [2.05, 4.69) is 32.7 Å². The van der Waals surface area contributed by atoms with Crippen LogP contribution < -0.4 is 10.6 Å². The highest BCUT2D eigenvalue weighted by atomic mass is 32.2. The van der Waals surface area contributed by atoms with Crippen molar-refractivity contribution in [1.29, 1.82) is 0 Å². The van der Waals surface area contributed by atoms with Crippen LogP contribution in [0.1, 0.15) is 68.4 Å². The molecule has 40 heavy (non-hydrogen) atoms. The number of carbonyl (C=O) groups excluding carboxylic acids is 1. The molecule has 2 fully saturated rings. The highest BCUT2D eigenvalue weighted by Gasteiger charge is 2.30. The maximum absolute atomic E-state index is 13.2. The van der Waals surface area contributed by atoms with Crippen LogP contribution in [0.2, 0.25) is 0 Å². The molecule has 10 heteroatoms. The Kier molecular flexibility index (Phi) is 8.45. The number of hydrogen-bond acceptors (Lipinski definition) is 9. The maximum atomic E-state index is 13.2. The van der Waals surface area contributed by atoms with Crippen LogP contribution in [-0.4, -0.2) is 58.0 Å². The molecular formula is C30H36N6O3S. The molecule has 1 saturated heterocycles. The summed E-state index contributed by atoms with van der Waals surface area (Å²) in [4.78, 5) is 20.6. The van der Waals surface area contributed by atoms with Crippen LogP contribution in [-0.2, 0) is 8.98 Å². The molecule has 0 bridgehead atoms. The quantitative estimate of drug-likeness (QED) is 0.384. The first-order valence-electron chi connectivity index (χ1n) is 14.3. The first kappa shape index (κ1) is 27.0. The molecule has 0 radical (unpaired) electrons. The van der Waals surface area contributed by atoms with Crippen molar-refractivity contribution >= 4 is 35.4 Å². The summed E-state index contributed by atoms with van der Waals surface area (Å²) in [7, 11) is 0. The summed E-state index contributed by atoms with van der Waals surface area (Å²) < 4.78 is 11.8. The van der Waals surface area contributed by atoms with Gasteiger partial charge >= 0.3 is 6.01 Å². The number of benzodiazepines with no additional fused rings is 1. The number of anilines is 2. The zero-order valence-corrected chi connectivity index (χ0v) is 23.6. The maximum Gasteiger partial charge on any atom is 0.317 e. The number of para-hydroxylation sites is 1. The Morgan fingerprint density at radius 3 is 2.60 bits per heavy atom. The lowest BCUT2D eigenvalue weighted by molar-refractivity contribution is -0.116. The fourth-order valence-electron chi connectivity index (χ4n) is 5.89. The summed E-state index contributed by atoms with van der Waals surface area (Å²) in [6.45, 7) is 4.20. The van der Waals surface area contributed by atoms with Gasteiger partial charge in [0.05, 0.1) is 23.9 Å². The third kappa shape index (κ3) is 6.24. The number of aliphatic imine (C=N–C) groups is 1. The number of carbonyl (C=O) groups is 1. The van der Waals surface area contributed by atoms with Crippen molar-refractivity contribution in [2.24, 2.45) is 10.9 Å². The molecule has 2 atom stereocenters. The molecule has 1 unspecified atom stereocenters. The normalized spacial score (nSPS) is 26.3. The summed E-state index contributed by atoms with van der Waals surface area (Å²) in [6, 6.07) is 18.4. The minimum atomic E-state index is -0.910. The Labute approximate surface area is 239 Å². The summed E-state index contributed by atoms with van der Waals surface area (Å²) in [6.07, 6.45) is 5.69. The van der Waals surface area contributed by atoms with E-state index >= 15 is 0 Å². The lowest BCUT2D eigenvalue weighted by Gasteiger charge is -2.33. The van der Waals surface area contributed by atoms with Crippen molar-refractivity contribution in [2.75, 3.05) is 29.7 Å². The van der Waals surface area contributed by atoms with E-state index in [1.165, 1.54) is 12.8 Å². The molecule has 210 valence electrons. The van der Waals surface area contributed by atoms with E-state index in [1.54, 1.807) is 12.0 Å². The minimum absolute atomic E-state index is 0.216. The minimum Gasteiger partial charge on any atom is -0.408 e. The van der Waals surface area contributed by atoms with Crippen LogP contribution in [0.25, 0.3) is 0 Å². The molecule has 2 aliphatic heterocycles. The third-order valence-corrected chi connectivity index (χ3v) is 8.68. The van der Waals surface area contributed by atoms with E-state index in [9.17, 15) is 4.79 Å². The fraction of sp³-hybridized carbons (Fsp3) is 0.467. The molecule has 1 saturated carbocycles. The van der Waals surface area contributed by atoms with E-state index < -0.39 is 6.17 Å². The van der Waals surface area contributed by atoms with Gasteiger partial charge < -0.3 is 19.2 Å². The highest BCUT2D eigenvalue weighted by molar-refractivity contribution is 7.94. The van der Waals surface area contributed by atoms with Crippen molar-refractivity contribution in [3.8, 4) is 0 Å². The van der Waals surface area contributed by atoms with Gasteiger partial charge in [0.2, 0.25) is 12.1 Å². The van der Waals surface area contributed by atoms with Crippen LogP contribution >= 0.6 is 12.0 Å². The van der Waals surface area contributed by atoms with Gasteiger partial charge in [-0.2, -0.15) is 0 Å². The van der Waals surface area contributed by atoms with Crippen LogP contribution in [0, 0.1) is 5.92 Å². The fourth-order valence-corrected chi connectivity index (χ4v) is 6.74. The van der Waals surface area contributed by atoms with Crippen LogP contribution in [0.3, 0.4) is 0 Å². The van der Waals surface area contributed by atoms with Crippen molar-refractivity contribution in [1.82, 2.24) is 15.1 Å². The number of benzene rings is 2. The molecule has 1 amide bonds. The number of nitrogens with zero attached hydrogens (tertiary/aromatic N) is 4. The molecule has 9 nitrogen and oxygen atoms in total. The van der Waals surface area contributed by atoms with Crippen molar-refractivity contribution in [3.63, 3.8) is 0 Å². The molecule has 2 N–H and O–H groups in total. The Morgan fingerprint density at radius 2 is 1.77 bits per heavy atom. The second kappa shape index (κ2) is 12.5. The summed E-state index contributed by atoms with van der Waals surface area (Å²) in [5.74, 6) is 2.10. The van der Waals surface area contributed by atoms with Crippen molar-refractivity contribution < 1.29 is 13.4 Å². The predicted molar refractivity (Wildman–Crippen MR) is 157 cm³/mol. The molecule has 3 aliphatic rings. The van der Waals surface area contributed by atoms with E-state index in [0.29, 0.717) is 17.9 Å². The van der Waals surface area contributed by atoms with Gasteiger partial charge in [0.25, 0.3) is 5.91 Å². The van der Waals surface area contributed by atoms with Crippen LogP contribution in [0.4, 0.5) is 11.7 Å². The van der Waals surface area contributed by atoms with Gasteiger partial charge in [0, 0.05) is 41.7 Å². The van der Waals surface area contributed by atoms with Crippen molar-refractivity contribution in [2.45, 2.75) is 63.6 Å². The first-order chi connectivity index (χ1) is 19.6. The van der Waals surface area contributed by atoms with Crippen molar-refractivity contribution in [3.05, 3.63) is 71.6 Å². The molecule has 1 aliphatic carbocycles. The molecule has 3 aromatic rings. The summed E-state index contributed by atoms with van der Waals surface area (Å²) >= 11 is 1.59. The molecule has 2 aromatic carbocycles. The van der Waals surface area contributed by atoms with E-state index in [-0.39, 0.29) is 17.8 Å². The zero-order chi connectivity index (χ0) is 27.3. The lowest BCUT2D eigenvalue weighted by atomic mass is 9.88. The third-order valence-electron chi connectivity index (χ3n) is 7.94. The summed E-state index contributed by atoms with van der Waals surface area (Å²) in [5, 5.41) is 14.7. The lowest BCUT2D eigenvalue weighted by Crippen LogP contribution is -2.38. The van der Waals surface area contributed by atoms with Gasteiger partial charge in [-0.3, -0.25) is 9.69 Å². The molecule has 0 spiro atoms. The second-order valence-corrected chi connectivity index (χ2v) is 11.7. The van der Waals surface area contributed by atoms with Gasteiger partial charge in [-0.05, 0) is 37.7 Å². The SMILES string of the molecule is CC1COSCN(C2CCCC(c3nnc(N[C@H]4N=C(c5ccccc5)c5ccccc5NC4=O)o3)CCC2)C1. The number of hydrogen-bond donors (Lipinski definition) is 2. The molecular weight excluding hydrogens is 524 g/mol. The topological polar surface area (TPSA) is 105 Å². The van der Waals surface area contributed by atoms with Gasteiger partial charge in [0.15, 0.2) is 0 Å². The summed E-state index contributed by atoms with van der Waals surface area (Å²) in [5.41, 5.74) is 3.24. The van der Waals surface area contributed by atoms with Crippen LogP contribution in [0.5, 0.6) is 0 Å². The molecule has 1 aromatic heterocycles. The Bertz CT molecular complexity index is 1320. The number of fused-ring (bicyclic) bond motifs is 1. The predicted octanol–water partition coefficient (Wildman–Crippen LogP) is 5.68. The monoisotopic (exact) mass is 560 g/mol. The van der Waals surface area contributed by atoms with E-state index in [0.717, 1.165) is 67.2 Å². The van der Waals surface area contributed by atoms with Gasteiger partial charge in [-0.1, -0.05) is 73.4 Å². The number of amides is 1. The smallest absolute Gasteiger partial charge is 0.317 e. The Morgan fingerprint density at radius 1 is 1.00 bits per heavy atom. The standard InChI is InChI=1S/C30H36N6O3S/c1-20-17-36(19-40-38-18-20)23-13-7-11-22(12-8-14-23)29-34-35-30(39-29)33-27-28(37)31-25-16-6-5-15-24(25)26(32-27)21-9-3-2-4-10-21/h2-6,9-10,15-16,20,22-23,27H,7-8,11-14,17-19H2,1H3,(H,31,37)(H,33,35)/t20?,22?,23?,27-/m1/s1. The van der Waals surface area contributed by atoms with Gasteiger partial charge in [-0.25, -0.2) is 4.99 Å². The average molecular weight is 561 g/mol. The van der Waals surface area contributed by atoms with Gasteiger partial charge in [-0.15, -0.1) is 5.10 Å². The highest BCUT2D eigenvalue weighted by Crippen LogP contribution is 2.34. The van der Waals surface area contributed by atoms with E-state index in [4.69, 9.17) is 13.6 Å². The number of nitrogens with one attached hydrogen (secondary N) is 2. The Hall–Kier alpha value is -3.21. The van der Waals surface area contributed by atoms with Gasteiger partial charge in [0.1, 0.15) is 0 Å². The first-order valence-corrected chi connectivity index (χ1v) is 15.2. The Balaban J connectivity index is 1.13. The average Bonchev–Trinajstić information content (AvgIpc) is 3.23. The van der Waals surface area contributed by atoms with Crippen LogP contribution in [0.15, 0.2) is 64.0 Å². The molecule has 6 rings (SSSR count). The molecule has 3 heterocycles.